The first-order chi connectivity index (χ1) is 8.74. The lowest BCUT2D eigenvalue weighted by Crippen LogP contribution is -2.27. The third-order valence-electron chi connectivity index (χ3n) is 3.53. The molecule has 0 aliphatic carbocycles. The highest BCUT2D eigenvalue weighted by Gasteiger charge is 2.33. The molecule has 1 fully saturated rings. The van der Waals surface area contributed by atoms with E-state index in [1.807, 2.05) is 0 Å². The highest BCUT2D eigenvalue weighted by atomic mass is 19.3. The summed E-state index contributed by atoms with van der Waals surface area (Å²) >= 11 is 0. The van der Waals surface area contributed by atoms with E-state index in [1.165, 1.54) is 0 Å². The number of carbonyl (C=O) groups is 1. The van der Waals surface area contributed by atoms with E-state index < -0.39 is 12.3 Å². The molecule has 0 radical (unpaired) electrons. The first kappa shape index (κ1) is 13.1. The maximum atomic E-state index is 13.3. The van der Waals surface area contributed by atoms with Gasteiger partial charge in [-0.15, -0.1) is 0 Å². The van der Waals surface area contributed by atoms with Crippen molar-refractivity contribution in [2.45, 2.75) is 25.2 Å². The Kier molecular flexibility index (Phi) is 4.42. The van der Waals surface area contributed by atoms with Gasteiger partial charge in [0.05, 0.1) is 0 Å². The predicted molar refractivity (Wildman–Crippen MR) is 64.1 cm³/mol. The Morgan fingerprint density at radius 3 is 2.50 bits per heavy atom. The summed E-state index contributed by atoms with van der Waals surface area (Å²) in [7, 11) is 0. The minimum atomic E-state index is -2.45. The van der Waals surface area contributed by atoms with Gasteiger partial charge in [-0.1, -0.05) is 24.3 Å². The average molecular weight is 254 g/mol. The molecule has 18 heavy (non-hydrogen) atoms. The maximum Gasteiger partial charge on any atom is 0.245 e. The van der Waals surface area contributed by atoms with E-state index >= 15 is 0 Å². The van der Waals surface area contributed by atoms with Crippen LogP contribution < -0.4 is 0 Å². The van der Waals surface area contributed by atoms with Crippen molar-refractivity contribution in [1.82, 2.24) is 0 Å². The number of carbonyl (C=O) groups excluding carboxylic acids is 1. The van der Waals surface area contributed by atoms with E-state index in [0.717, 1.165) is 0 Å². The summed E-state index contributed by atoms with van der Waals surface area (Å²) in [5, 5.41) is 0. The fraction of sp³-hybridized carbons (Fsp3) is 0.500. The molecule has 98 valence electrons. The first-order valence-electron chi connectivity index (χ1n) is 6.14. The average Bonchev–Trinajstić information content (AvgIpc) is 2.40. The fourth-order valence-corrected chi connectivity index (χ4v) is 2.59. The number of alkyl halides is 2. The second-order valence-corrected chi connectivity index (χ2v) is 4.56. The van der Waals surface area contributed by atoms with Gasteiger partial charge < -0.3 is 4.74 Å². The molecule has 0 aromatic heterocycles. The van der Waals surface area contributed by atoms with Crippen molar-refractivity contribution in [3.05, 3.63) is 35.4 Å². The van der Waals surface area contributed by atoms with E-state index in [4.69, 9.17) is 4.74 Å². The smallest absolute Gasteiger partial charge is 0.245 e. The van der Waals surface area contributed by atoms with Gasteiger partial charge in [0.15, 0.2) is 0 Å². The normalized spacial score (nSPS) is 18.8. The SMILES string of the molecule is O=Cc1ccccc1C(C(F)F)C1CCOCC1. The van der Waals surface area contributed by atoms with Crippen LogP contribution in [0.4, 0.5) is 8.78 Å². The monoisotopic (exact) mass is 254 g/mol. The molecule has 0 bridgehead atoms. The number of benzene rings is 1. The van der Waals surface area contributed by atoms with Crippen LogP contribution >= 0.6 is 0 Å². The van der Waals surface area contributed by atoms with Gasteiger partial charge in [0, 0.05) is 24.7 Å². The Bertz CT molecular complexity index is 401. The van der Waals surface area contributed by atoms with Crippen molar-refractivity contribution < 1.29 is 18.3 Å². The summed E-state index contributed by atoms with van der Waals surface area (Å²) < 4.78 is 31.9. The first-order valence-corrected chi connectivity index (χ1v) is 6.14. The van der Waals surface area contributed by atoms with Crippen LogP contribution in [0.1, 0.15) is 34.7 Å². The van der Waals surface area contributed by atoms with Gasteiger partial charge in [-0.2, -0.15) is 0 Å². The highest BCUT2D eigenvalue weighted by Crippen LogP contribution is 2.37. The zero-order chi connectivity index (χ0) is 13.0. The lowest BCUT2D eigenvalue weighted by Gasteiger charge is -2.30. The number of rotatable bonds is 4. The van der Waals surface area contributed by atoms with E-state index in [1.54, 1.807) is 24.3 Å². The second-order valence-electron chi connectivity index (χ2n) is 4.56. The third-order valence-corrected chi connectivity index (χ3v) is 3.53. The van der Waals surface area contributed by atoms with Gasteiger partial charge in [-0.3, -0.25) is 4.79 Å². The highest BCUT2D eigenvalue weighted by molar-refractivity contribution is 5.77. The van der Waals surface area contributed by atoms with Crippen LogP contribution in [0.5, 0.6) is 0 Å². The standard InChI is InChI=1S/C14H16F2O2/c15-14(16)13(10-5-7-18-8-6-10)12-4-2-1-3-11(12)9-17/h1-4,9-10,13-14H,5-8H2. The topological polar surface area (TPSA) is 26.3 Å². The molecular formula is C14H16F2O2. The number of ether oxygens (including phenoxy) is 1. The summed E-state index contributed by atoms with van der Waals surface area (Å²) in [6, 6.07) is 6.63. The maximum absolute atomic E-state index is 13.3. The minimum Gasteiger partial charge on any atom is -0.381 e. The summed E-state index contributed by atoms with van der Waals surface area (Å²) in [6.07, 6.45) is -0.539. The van der Waals surface area contributed by atoms with Crippen LogP contribution in [0.25, 0.3) is 0 Å². The molecule has 1 saturated heterocycles. The molecule has 1 heterocycles. The third kappa shape index (κ3) is 2.75. The molecule has 1 aromatic carbocycles. The van der Waals surface area contributed by atoms with Crippen LogP contribution in [0.2, 0.25) is 0 Å². The second kappa shape index (κ2) is 6.05. The molecule has 1 atom stereocenters. The molecule has 0 N–H and O–H groups in total. The summed E-state index contributed by atoms with van der Waals surface area (Å²) in [4.78, 5) is 11.0. The molecule has 2 nitrogen and oxygen atoms in total. The number of hydrogen-bond acceptors (Lipinski definition) is 2. The number of hydrogen-bond donors (Lipinski definition) is 0. The molecule has 0 saturated carbocycles. The molecule has 4 heteroatoms. The molecule has 1 aromatic rings. The van der Waals surface area contributed by atoms with Crippen molar-refractivity contribution in [3.63, 3.8) is 0 Å². The fourth-order valence-electron chi connectivity index (χ4n) is 2.59. The van der Waals surface area contributed by atoms with Gasteiger partial charge in [0.1, 0.15) is 6.29 Å². The predicted octanol–water partition coefficient (Wildman–Crippen LogP) is 3.27. The molecule has 1 aliphatic rings. The van der Waals surface area contributed by atoms with Crippen molar-refractivity contribution in [3.8, 4) is 0 Å². The van der Waals surface area contributed by atoms with Crippen LogP contribution in [0, 0.1) is 5.92 Å². The molecule has 0 spiro atoms. The summed E-state index contributed by atoms with van der Waals surface area (Å²) in [6.45, 7) is 1.05. The van der Waals surface area contributed by atoms with Gasteiger partial charge >= 0.3 is 0 Å². The molecule has 1 aliphatic heterocycles. The van der Waals surface area contributed by atoms with Crippen molar-refractivity contribution in [2.75, 3.05) is 13.2 Å². The Morgan fingerprint density at radius 2 is 1.89 bits per heavy atom. The van der Waals surface area contributed by atoms with Crippen molar-refractivity contribution >= 4 is 6.29 Å². The number of aldehydes is 1. The Balaban J connectivity index is 2.31. The van der Waals surface area contributed by atoms with Crippen molar-refractivity contribution in [1.29, 1.82) is 0 Å². The summed E-state index contributed by atoms with van der Waals surface area (Å²) in [5.41, 5.74) is 0.837. The lowest BCUT2D eigenvalue weighted by molar-refractivity contribution is 0.0185. The molecule has 2 rings (SSSR count). The summed E-state index contributed by atoms with van der Waals surface area (Å²) in [5.74, 6) is -0.977. The number of halogens is 2. The van der Waals surface area contributed by atoms with Gasteiger partial charge in [-0.25, -0.2) is 8.78 Å². The zero-order valence-electron chi connectivity index (χ0n) is 10.0. The van der Waals surface area contributed by atoms with Crippen LogP contribution in [-0.4, -0.2) is 25.9 Å². The quantitative estimate of drug-likeness (QED) is 0.771. The van der Waals surface area contributed by atoms with E-state index in [2.05, 4.69) is 0 Å². The zero-order valence-corrected chi connectivity index (χ0v) is 10.0. The Labute approximate surface area is 105 Å². The van der Waals surface area contributed by atoms with E-state index in [0.29, 0.717) is 43.5 Å². The van der Waals surface area contributed by atoms with E-state index in [-0.39, 0.29) is 5.92 Å². The minimum absolute atomic E-state index is 0.111. The van der Waals surface area contributed by atoms with Crippen LogP contribution in [0.15, 0.2) is 24.3 Å². The Hall–Kier alpha value is -1.29. The lowest BCUT2D eigenvalue weighted by atomic mass is 9.80. The molecular weight excluding hydrogens is 238 g/mol. The Morgan fingerprint density at radius 1 is 1.22 bits per heavy atom. The molecule has 1 unspecified atom stereocenters. The molecule has 0 amide bonds. The van der Waals surface area contributed by atoms with E-state index in [9.17, 15) is 13.6 Å². The van der Waals surface area contributed by atoms with Gasteiger partial charge in [0.2, 0.25) is 6.43 Å². The van der Waals surface area contributed by atoms with Crippen molar-refractivity contribution in [2.24, 2.45) is 5.92 Å². The van der Waals surface area contributed by atoms with Gasteiger partial charge in [0.25, 0.3) is 0 Å². The van der Waals surface area contributed by atoms with Crippen LogP contribution in [-0.2, 0) is 4.74 Å². The largest absolute Gasteiger partial charge is 0.381 e. The van der Waals surface area contributed by atoms with Crippen LogP contribution in [0.3, 0.4) is 0 Å². The van der Waals surface area contributed by atoms with Gasteiger partial charge in [-0.05, 0) is 24.3 Å².